The zero-order chi connectivity index (χ0) is 14.6. The van der Waals surface area contributed by atoms with Gasteiger partial charge in [-0.1, -0.05) is 19.9 Å². The van der Waals surface area contributed by atoms with Crippen LogP contribution in [0.2, 0.25) is 0 Å². The zero-order valence-corrected chi connectivity index (χ0v) is 13.3. The van der Waals surface area contributed by atoms with Crippen LogP contribution in [0.1, 0.15) is 32.3 Å². The van der Waals surface area contributed by atoms with E-state index in [4.69, 9.17) is 15.2 Å². The van der Waals surface area contributed by atoms with Crippen LogP contribution in [-0.4, -0.2) is 24.8 Å². The van der Waals surface area contributed by atoms with Crippen LogP contribution >= 0.6 is 12.4 Å². The fraction of sp³-hybridized carbons (Fsp3) is 0.533. The molecule has 0 radical (unpaired) electrons. The lowest BCUT2D eigenvalue weighted by atomic mass is 9.94. The Morgan fingerprint density at radius 1 is 1.29 bits per heavy atom. The van der Waals surface area contributed by atoms with Crippen LogP contribution < -0.4 is 20.5 Å². The van der Waals surface area contributed by atoms with Crippen LogP contribution in [0.15, 0.2) is 18.2 Å². The minimum absolute atomic E-state index is 0. The highest BCUT2D eigenvalue weighted by atomic mass is 35.5. The average Bonchev–Trinajstić information content (AvgIpc) is 2.92. The summed E-state index contributed by atoms with van der Waals surface area (Å²) in [7, 11) is 0. The molecule has 1 aromatic carbocycles. The molecule has 0 spiro atoms. The van der Waals surface area contributed by atoms with Crippen LogP contribution in [0, 0.1) is 0 Å². The molecule has 0 aromatic heterocycles. The lowest BCUT2D eigenvalue weighted by molar-refractivity contribution is -0.120. The van der Waals surface area contributed by atoms with Gasteiger partial charge in [0.1, 0.15) is 0 Å². The van der Waals surface area contributed by atoms with Gasteiger partial charge in [0.25, 0.3) is 0 Å². The Balaban J connectivity index is 0.00000220. The fourth-order valence-electron chi connectivity index (χ4n) is 2.07. The fourth-order valence-corrected chi connectivity index (χ4v) is 2.07. The van der Waals surface area contributed by atoms with E-state index in [1.165, 1.54) is 0 Å². The summed E-state index contributed by atoms with van der Waals surface area (Å²) in [4.78, 5) is 12.0. The van der Waals surface area contributed by atoms with E-state index in [0.29, 0.717) is 18.7 Å². The summed E-state index contributed by atoms with van der Waals surface area (Å²) in [6.07, 6.45) is 2.00. The largest absolute Gasteiger partial charge is 0.454 e. The maximum absolute atomic E-state index is 12.0. The predicted molar refractivity (Wildman–Crippen MR) is 84.0 cm³/mol. The summed E-state index contributed by atoms with van der Waals surface area (Å²) in [6, 6.07) is 5.55. The van der Waals surface area contributed by atoms with Gasteiger partial charge in [0.05, 0.1) is 6.42 Å². The Kier molecular flexibility index (Phi) is 6.30. The van der Waals surface area contributed by atoms with Gasteiger partial charge in [-0.15, -0.1) is 12.4 Å². The van der Waals surface area contributed by atoms with E-state index in [-0.39, 0.29) is 30.6 Å². The second kappa shape index (κ2) is 7.52. The molecule has 5 nitrogen and oxygen atoms in total. The first-order valence-electron chi connectivity index (χ1n) is 7.00. The maximum atomic E-state index is 12.0. The van der Waals surface area contributed by atoms with E-state index < -0.39 is 0 Å². The Bertz CT molecular complexity index is 490. The molecule has 3 N–H and O–H groups in total. The molecule has 0 bridgehead atoms. The van der Waals surface area contributed by atoms with Crippen molar-refractivity contribution in [3.63, 3.8) is 0 Å². The predicted octanol–water partition coefficient (Wildman–Crippen LogP) is 2.01. The number of hydrogen-bond donors (Lipinski definition) is 2. The van der Waals surface area contributed by atoms with E-state index in [0.717, 1.165) is 24.2 Å². The van der Waals surface area contributed by atoms with Crippen LogP contribution in [0.5, 0.6) is 11.5 Å². The molecule has 0 saturated carbocycles. The SMILES string of the molecule is CCC(N)(CC)CNC(=O)Cc1ccc2c(c1)OCO2.Cl. The number of rotatable bonds is 6. The van der Waals surface area contributed by atoms with Crippen LogP contribution in [0.3, 0.4) is 0 Å². The number of benzene rings is 1. The highest BCUT2D eigenvalue weighted by Crippen LogP contribution is 2.32. The van der Waals surface area contributed by atoms with Crippen molar-refractivity contribution in [1.82, 2.24) is 5.32 Å². The van der Waals surface area contributed by atoms with Gasteiger partial charge in [0.2, 0.25) is 12.7 Å². The lowest BCUT2D eigenvalue weighted by Crippen LogP contribution is -2.49. The molecule has 6 heteroatoms. The minimum Gasteiger partial charge on any atom is -0.454 e. The molecule has 118 valence electrons. The van der Waals surface area contributed by atoms with Crippen molar-refractivity contribution in [2.75, 3.05) is 13.3 Å². The molecular formula is C15H23ClN2O3. The van der Waals surface area contributed by atoms with Gasteiger partial charge in [-0.25, -0.2) is 0 Å². The van der Waals surface area contributed by atoms with Gasteiger partial charge in [-0.2, -0.15) is 0 Å². The van der Waals surface area contributed by atoms with Gasteiger partial charge < -0.3 is 20.5 Å². The summed E-state index contributed by atoms with van der Waals surface area (Å²) in [5.41, 5.74) is 6.75. The number of hydrogen-bond acceptors (Lipinski definition) is 4. The molecule has 0 atom stereocenters. The van der Waals surface area contributed by atoms with E-state index in [1.54, 1.807) is 0 Å². The van der Waals surface area contributed by atoms with E-state index in [2.05, 4.69) is 5.32 Å². The summed E-state index contributed by atoms with van der Waals surface area (Å²) in [6.45, 7) is 4.82. The van der Waals surface area contributed by atoms with Crippen molar-refractivity contribution in [3.05, 3.63) is 23.8 Å². The van der Waals surface area contributed by atoms with Crippen molar-refractivity contribution < 1.29 is 14.3 Å². The quantitative estimate of drug-likeness (QED) is 0.842. The Morgan fingerprint density at radius 3 is 2.62 bits per heavy atom. The van der Waals surface area contributed by atoms with Crippen molar-refractivity contribution in [3.8, 4) is 11.5 Å². The Labute approximate surface area is 131 Å². The third-order valence-electron chi connectivity index (χ3n) is 3.85. The second-order valence-electron chi connectivity index (χ2n) is 5.21. The van der Waals surface area contributed by atoms with Gasteiger partial charge >= 0.3 is 0 Å². The minimum atomic E-state index is -0.315. The molecule has 1 aliphatic rings. The number of ether oxygens (including phenoxy) is 2. The number of fused-ring (bicyclic) bond motifs is 1. The highest BCUT2D eigenvalue weighted by Gasteiger charge is 2.21. The number of nitrogens with one attached hydrogen (secondary N) is 1. The Morgan fingerprint density at radius 2 is 1.95 bits per heavy atom. The normalized spacial score (nSPS) is 12.7. The second-order valence-corrected chi connectivity index (χ2v) is 5.21. The van der Waals surface area contributed by atoms with Crippen LogP contribution in [0.4, 0.5) is 0 Å². The monoisotopic (exact) mass is 314 g/mol. The molecule has 0 saturated heterocycles. The molecule has 2 rings (SSSR count). The summed E-state index contributed by atoms with van der Waals surface area (Å²) in [5, 5.41) is 2.91. The first-order valence-corrected chi connectivity index (χ1v) is 7.00. The van der Waals surface area contributed by atoms with Gasteiger partial charge in [0.15, 0.2) is 11.5 Å². The van der Waals surface area contributed by atoms with Crippen molar-refractivity contribution >= 4 is 18.3 Å². The molecule has 1 amide bonds. The summed E-state index contributed by atoms with van der Waals surface area (Å²) < 4.78 is 10.5. The zero-order valence-electron chi connectivity index (χ0n) is 12.5. The van der Waals surface area contributed by atoms with Crippen molar-refractivity contribution in [2.45, 2.75) is 38.6 Å². The van der Waals surface area contributed by atoms with E-state index in [9.17, 15) is 4.79 Å². The topological polar surface area (TPSA) is 73.6 Å². The average molecular weight is 315 g/mol. The number of nitrogens with two attached hydrogens (primary N) is 1. The van der Waals surface area contributed by atoms with Crippen molar-refractivity contribution in [2.24, 2.45) is 5.73 Å². The smallest absolute Gasteiger partial charge is 0.231 e. The molecule has 1 heterocycles. The summed E-state index contributed by atoms with van der Waals surface area (Å²) in [5.74, 6) is 1.40. The molecule has 1 aromatic rings. The van der Waals surface area contributed by atoms with Crippen LogP contribution in [-0.2, 0) is 11.2 Å². The number of carbonyl (C=O) groups is 1. The number of halogens is 1. The van der Waals surface area contributed by atoms with Gasteiger partial charge in [-0.3, -0.25) is 4.79 Å². The number of amides is 1. The standard InChI is InChI=1S/C15H22N2O3.ClH/c1-3-15(16,4-2)9-17-14(18)8-11-5-6-12-13(7-11)20-10-19-12;/h5-7H,3-4,8-10,16H2,1-2H3,(H,17,18);1H. The Hall–Kier alpha value is -1.46. The third kappa shape index (κ3) is 4.51. The molecule has 1 aliphatic heterocycles. The number of carbonyl (C=O) groups excluding carboxylic acids is 1. The first-order chi connectivity index (χ1) is 9.56. The highest BCUT2D eigenvalue weighted by molar-refractivity contribution is 5.85. The molecule has 21 heavy (non-hydrogen) atoms. The molecule has 0 unspecified atom stereocenters. The molecular weight excluding hydrogens is 292 g/mol. The summed E-state index contributed by atoms with van der Waals surface area (Å²) >= 11 is 0. The third-order valence-corrected chi connectivity index (χ3v) is 3.85. The molecule has 0 fully saturated rings. The van der Waals surface area contributed by atoms with Crippen molar-refractivity contribution in [1.29, 1.82) is 0 Å². The van der Waals surface area contributed by atoms with Gasteiger partial charge in [0, 0.05) is 12.1 Å². The lowest BCUT2D eigenvalue weighted by Gasteiger charge is -2.26. The van der Waals surface area contributed by atoms with Gasteiger partial charge in [-0.05, 0) is 30.5 Å². The van der Waals surface area contributed by atoms with E-state index >= 15 is 0 Å². The molecule has 0 aliphatic carbocycles. The van der Waals surface area contributed by atoms with Crippen LogP contribution in [0.25, 0.3) is 0 Å². The maximum Gasteiger partial charge on any atom is 0.231 e. The van der Waals surface area contributed by atoms with E-state index in [1.807, 2.05) is 32.0 Å². The first kappa shape index (κ1) is 17.6.